The van der Waals surface area contributed by atoms with Crippen molar-refractivity contribution in [3.63, 3.8) is 0 Å². The fourth-order valence-electron chi connectivity index (χ4n) is 1.52. The van der Waals surface area contributed by atoms with E-state index in [9.17, 15) is 19.2 Å². The molecule has 114 valence electrons. The summed E-state index contributed by atoms with van der Waals surface area (Å²) in [7, 11) is 0. The Hall–Kier alpha value is -2.32. The quantitative estimate of drug-likeness (QED) is 0.366. The van der Waals surface area contributed by atoms with Crippen molar-refractivity contribution in [3.05, 3.63) is 0 Å². The molecular formula is C11H20N4O5. The molecule has 0 aromatic rings. The van der Waals surface area contributed by atoms with Crippen LogP contribution in [0.3, 0.4) is 0 Å². The Labute approximate surface area is 116 Å². The van der Waals surface area contributed by atoms with Crippen LogP contribution in [-0.4, -0.2) is 41.0 Å². The number of rotatable bonds is 8. The number of nitrogens with two attached hydrogens (primary N) is 2. The molecule has 0 aromatic heterocycles. The molecule has 0 aliphatic rings. The number of amides is 4. The van der Waals surface area contributed by atoms with E-state index in [1.807, 2.05) is 0 Å². The highest BCUT2D eigenvalue weighted by atomic mass is 16.4. The largest absolute Gasteiger partial charge is 0.480 e. The molecule has 0 saturated heterocycles. The highest BCUT2D eigenvalue weighted by Crippen LogP contribution is 2.08. The molecule has 0 spiro atoms. The van der Waals surface area contributed by atoms with Gasteiger partial charge in [0.05, 0.1) is 6.42 Å². The summed E-state index contributed by atoms with van der Waals surface area (Å²) in [5.41, 5.74) is 9.88. The molecule has 20 heavy (non-hydrogen) atoms. The van der Waals surface area contributed by atoms with E-state index in [4.69, 9.17) is 16.6 Å². The van der Waals surface area contributed by atoms with Gasteiger partial charge in [0.25, 0.3) is 0 Å². The van der Waals surface area contributed by atoms with E-state index in [-0.39, 0.29) is 5.92 Å². The number of carboxylic acid groups (broad SMARTS) is 1. The van der Waals surface area contributed by atoms with E-state index in [1.54, 1.807) is 13.8 Å². The topological polar surface area (TPSA) is 165 Å². The molecular weight excluding hydrogens is 268 g/mol. The van der Waals surface area contributed by atoms with Crippen LogP contribution in [0.2, 0.25) is 0 Å². The van der Waals surface area contributed by atoms with Gasteiger partial charge in [-0.2, -0.15) is 0 Å². The number of aliphatic carboxylic acids is 1. The van der Waals surface area contributed by atoms with Crippen LogP contribution in [0.4, 0.5) is 4.79 Å². The Bertz CT molecular complexity index is 398. The third kappa shape index (κ3) is 6.03. The first-order valence-electron chi connectivity index (χ1n) is 6.06. The van der Waals surface area contributed by atoms with E-state index < -0.39 is 42.3 Å². The smallest absolute Gasteiger partial charge is 0.326 e. The number of carboxylic acids is 1. The van der Waals surface area contributed by atoms with Crippen molar-refractivity contribution in [3.8, 4) is 0 Å². The normalized spacial score (nSPS) is 14.7. The third-order valence-corrected chi connectivity index (χ3v) is 2.81. The molecule has 3 unspecified atom stereocenters. The molecule has 0 heterocycles. The maximum atomic E-state index is 12.0. The van der Waals surface area contributed by atoms with Gasteiger partial charge in [0.15, 0.2) is 0 Å². The summed E-state index contributed by atoms with van der Waals surface area (Å²) in [6.45, 7) is 3.50. The predicted molar refractivity (Wildman–Crippen MR) is 69.3 cm³/mol. The molecule has 0 fully saturated rings. The van der Waals surface area contributed by atoms with E-state index in [1.165, 1.54) is 0 Å². The van der Waals surface area contributed by atoms with Crippen molar-refractivity contribution in [1.29, 1.82) is 0 Å². The molecule has 7 N–H and O–H groups in total. The van der Waals surface area contributed by atoms with Crippen LogP contribution in [0.1, 0.15) is 26.7 Å². The minimum Gasteiger partial charge on any atom is -0.480 e. The van der Waals surface area contributed by atoms with E-state index in [0.717, 1.165) is 0 Å². The lowest BCUT2D eigenvalue weighted by Gasteiger charge is -2.24. The van der Waals surface area contributed by atoms with Crippen LogP contribution in [-0.2, 0) is 14.4 Å². The first-order valence-corrected chi connectivity index (χ1v) is 6.06. The zero-order valence-corrected chi connectivity index (χ0v) is 11.4. The second-order valence-corrected chi connectivity index (χ2v) is 4.44. The maximum Gasteiger partial charge on any atom is 0.326 e. The Morgan fingerprint density at radius 1 is 1.15 bits per heavy atom. The minimum atomic E-state index is -1.44. The summed E-state index contributed by atoms with van der Waals surface area (Å²) in [5.74, 6) is -3.24. The molecule has 0 saturated carbocycles. The van der Waals surface area contributed by atoms with E-state index >= 15 is 0 Å². The van der Waals surface area contributed by atoms with Crippen molar-refractivity contribution in [2.45, 2.75) is 38.8 Å². The van der Waals surface area contributed by atoms with Crippen molar-refractivity contribution in [2.24, 2.45) is 17.4 Å². The lowest BCUT2D eigenvalue weighted by atomic mass is 9.98. The average Bonchev–Trinajstić information content (AvgIpc) is 2.33. The predicted octanol–water partition coefficient (Wildman–Crippen LogP) is -1.49. The zero-order chi connectivity index (χ0) is 15.9. The number of carbonyl (C=O) groups excluding carboxylic acids is 3. The third-order valence-electron chi connectivity index (χ3n) is 2.81. The molecule has 3 atom stereocenters. The zero-order valence-electron chi connectivity index (χ0n) is 11.4. The van der Waals surface area contributed by atoms with Gasteiger partial charge >= 0.3 is 12.0 Å². The van der Waals surface area contributed by atoms with Crippen LogP contribution < -0.4 is 22.1 Å². The van der Waals surface area contributed by atoms with Gasteiger partial charge in [-0.1, -0.05) is 20.3 Å². The molecule has 9 heteroatoms. The Balaban J connectivity index is 4.91. The Kier molecular flexibility index (Phi) is 7.05. The van der Waals surface area contributed by atoms with Crippen LogP contribution in [0.15, 0.2) is 0 Å². The van der Waals surface area contributed by atoms with Gasteiger partial charge in [-0.15, -0.1) is 0 Å². The number of carbonyl (C=O) groups is 4. The van der Waals surface area contributed by atoms with Crippen LogP contribution >= 0.6 is 0 Å². The van der Waals surface area contributed by atoms with Crippen molar-refractivity contribution < 1.29 is 24.3 Å². The van der Waals surface area contributed by atoms with Gasteiger partial charge < -0.3 is 27.2 Å². The molecule has 0 aliphatic heterocycles. The summed E-state index contributed by atoms with van der Waals surface area (Å²) in [5, 5.41) is 13.3. The summed E-state index contributed by atoms with van der Waals surface area (Å²) in [6.07, 6.45) is 0.0246. The molecule has 9 nitrogen and oxygen atoms in total. The maximum absolute atomic E-state index is 12.0. The first kappa shape index (κ1) is 17.7. The number of hydrogen-bond donors (Lipinski definition) is 5. The van der Waals surface area contributed by atoms with Crippen LogP contribution in [0.25, 0.3) is 0 Å². The lowest BCUT2D eigenvalue weighted by Crippen LogP contribution is -2.55. The van der Waals surface area contributed by atoms with Gasteiger partial charge in [-0.05, 0) is 5.92 Å². The Morgan fingerprint density at radius 3 is 2.05 bits per heavy atom. The minimum absolute atomic E-state index is 0.259. The van der Waals surface area contributed by atoms with Gasteiger partial charge in [-0.25, -0.2) is 9.59 Å². The number of nitrogens with one attached hydrogen (secondary N) is 2. The SMILES string of the molecule is CCC(C)C(NC(N)=O)C(=O)NC(CC(N)=O)C(=O)O. The molecule has 0 bridgehead atoms. The fraction of sp³-hybridized carbons (Fsp3) is 0.636. The summed E-state index contributed by atoms with van der Waals surface area (Å²) < 4.78 is 0. The number of primary amides is 2. The second kappa shape index (κ2) is 7.97. The van der Waals surface area contributed by atoms with Crippen LogP contribution in [0, 0.1) is 5.92 Å². The summed E-state index contributed by atoms with van der Waals surface area (Å²) >= 11 is 0. The number of urea groups is 1. The highest BCUT2D eigenvalue weighted by Gasteiger charge is 2.29. The van der Waals surface area contributed by atoms with E-state index in [0.29, 0.717) is 6.42 Å². The van der Waals surface area contributed by atoms with Crippen molar-refractivity contribution in [2.75, 3.05) is 0 Å². The standard InChI is InChI=1S/C11H20N4O5/c1-3-5(2)8(15-11(13)20)9(17)14-6(10(18)19)4-7(12)16/h5-6,8H,3-4H2,1-2H3,(H2,12,16)(H,14,17)(H,18,19)(H3,13,15,20). The number of hydrogen-bond acceptors (Lipinski definition) is 4. The molecule has 0 radical (unpaired) electrons. The van der Waals surface area contributed by atoms with Crippen LogP contribution in [0.5, 0.6) is 0 Å². The van der Waals surface area contributed by atoms with Crippen molar-refractivity contribution >= 4 is 23.8 Å². The van der Waals surface area contributed by atoms with Gasteiger partial charge in [-0.3, -0.25) is 9.59 Å². The van der Waals surface area contributed by atoms with Gasteiger partial charge in [0.1, 0.15) is 12.1 Å². The summed E-state index contributed by atoms with van der Waals surface area (Å²) in [4.78, 5) is 44.5. The van der Waals surface area contributed by atoms with Gasteiger partial charge in [0, 0.05) is 0 Å². The second-order valence-electron chi connectivity index (χ2n) is 4.44. The van der Waals surface area contributed by atoms with E-state index in [2.05, 4.69) is 10.6 Å². The van der Waals surface area contributed by atoms with Crippen molar-refractivity contribution in [1.82, 2.24) is 10.6 Å². The lowest BCUT2D eigenvalue weighted by molar-refractivity contribution is -0.143. The average molecular weight is 288 g/mol. The Morgan fingerprint density at radius 2 is 1.70 bits per heavy atom. The molecule has 0 aromatic carbocycles. The molecule has 0 rings (SSSR count). The molecule has 4 amide bonds. The highest BCUT2D eigenvalue weighted by molar-refractivity contribution is 5.91. The monoisotopic (exact) mass is 288 g/mol. The fourth-order valence-corrected chi connectivity index (χ4v) is 1.52. The summed E-state index contributed by atoms with van der Waals surface area (Å²) in [6, 6.07) is -3.32. The molecule has 0 aliphatic carbocycles. The first-order chi connectivity index (χ1) is 9.18. The van der Waals surface area contributed by atoms with Gasteiger partial charge in [0.2, 0.25) is 11.8 Å².